The molecule has 0 heterocycles. The summed E-state index contributed by atoms with van der Waals surface area (Å²) in [4.78, 5) is 25.2. The quantitative estimate of drug-likeness (QED) is 0.625. The molecule has 0 saturated heterocycles. The Morgan fingerprint density at radius 2 is 1.71 bits per heavy atom. The van der Waals surface area contributed by atoms with E-state index in [0.717, 1.165) is 17.4 Å². The van der Waals surface area contributed by atoms with Gasteiger partial charge in [-0.2, -0.15) is 0 Å². The topological polar surface area (TPSA) is 92.3 Å². The number of rotatable bonds is 8. The average molecular weight is 467 g/mol. The third-order valence-corrected chi connectivity index (χ3v) is 5.77. The Kier molecular flexibility index (Phi) is 7.77. The Morgan fingerprint density at radius 3 is 2.32 bits per heavy atom. The summed E-state index contributed by atoms with van der Waals surface area (Å²) in [6, 6.07) is 13.6. The van der Waals surface area contributed by atoms with Crippen LogP contribution in [0.15, 0.2) is 53.0 Å². The van der Waals surface area contributed by atoms with Crippen LogP contribution < -0.4 is 10.6 Å². The molecule has 6 nitrogen and oxygen atoms in total. The highest BCUT2D eigenvalue weighted by atomic mass is 79.9. The van der Waals surface area contributed by atoms with Crippen LogP contribution in [-0.4, -0.2) is 38.3 Å². The molecule has 2 amide bonds. The van der Waals surface area contributed by atoms with Crippen LogP contribution >= 0.6 is 15.9 Å². The van der Waals surface area contributed by atoms with Crippen molar-refractivity contribution in [3.8, 4) is 0 Å². The maximum atomic E-state index is 12.6. The highest BCUT2D eigenvalue weighted by molar-refractivity contribution is 9.10. The number of aryl methyl sites for hydroxylation is 1. The molecule has 0 aliphatic carbocycles. The van der Waals surface area contributed by atoms with Crippen molar-refractivity contribution in [2.45, 2.75) is 25.9 Å². The van der Waals surface area contributed by atoms with Crippen molar-refractivity contribution in [2.75, 3.05) is 12.0 Å². The van der Waals surface area contributed by atoms with Crippen LogP contribution in [0.4, 0.5) is 0 Å². The lowest BCUT2D eigenvalue weighted by molar-refractivity contribution is -0.123. The first-order chi connectivity index (χ1) is 13.2. The van der Waals surface area contributed by atoms with Gasteiger partial charge in [-0.1, -0.05) is 42.0 Å². The van der Waals surface area contributed by atoms with Crippen LogP contribution in [0.1, 0.15) is 27.9 Å². The number of carbonyl (C=O) groups excluding carboxylic acids is 2. The number of hydrogen-bond donors (Lipinski definition) is 2. The van der Waals surface area contributed by atoms with E-state index >= 15 is 0 Å². The molecular formula is C20H23BrN2O4S. The van der Waals surface area contributed by atoms with Crippen molar-refractivity contribution in [3.63, 3.8) is 0 Å². The number of sulfone groups is 1. The molecule has 0 fully saturated rings. The second-order valence-corrected chi connectivity index (χ2v) is 9.74. The van der Waals surface area contributed by atoms with Gasteiger partial charge in [0.15, 0.2) is 0 Å². The molecule has 2 rings (SSSR count). The summed E-state index contributed by atoms with van der Waals surface area (Å²) in [5.41, 5.74) is 2.40. The van der Waals surface area contributed by atoms with Crippen molar-refractivity contribution in [2.24, 2.45) is 0 Å². The Labute approximate surface area is 173 Å². The van der Waals surface area contributed by atoms with Crippen molar-refractivity contribution in [1.29, 1.82) is 0 Å². The largest absolute Gasteiger partial charge is 0.350 e. The summed E-state index contributed by atoms with van der Waals surface area (Å²) in [7, 11) is -3.27. The zero-order valence-corrected chi connectivity index (χ0v) is 18.1. The summed E-state index contributed by atoms with van der Waals surface area (Å²) < 4.78 is 23.6. The van der Waals surface area contributed by atoms with Gasteiger partial charge in [-0.05, 0) is 47.0 Å². The smallest absolute Gasteiger partial charge is 0.253 e. The lowest BCUT2D eigenvalue weighted by Gasteiger charge is -2.19. The molecular weight excluding hydrogens is 444 g/mol. The Morgan fingerprint density at radius 1 is 1.07 bits per heavy atom. The van der Waals surface area contributed by atoms with E-state index in [2.05, 4.69) is 26.6 Å². The maximum Gasteiger partial charge on any atom is 0.253 e. The average Bonchev–Trinajstić information content (AvgIpc) is 2.64. The number of benzene rings is 2. The zero-order valence-electron chi connectivity index (χ0n) is 15.7. The van der Waals surface area contributed by atoms with Crippen LogP contribution in [0.2, 0.25) is 0 Å². The van der Waals surface area contributed by atoms with Gasteiger partial charge in [0.1, 0.15) is 15.9 Å². The van der Waals surface area contributed by atoms with E-state index < -0.39 is 27.7 Å². The molecule has 28 heavy (non-hydrogen) atoms. The lowest BCUT2D eigenvalue weighted by atomic mass is 10.1. The number of carbonyl (C=O) groups is 2. The van der Waals surface area contributed by atoms with Gasteiger partial charge in [0.05, 0.1) is 11.3 Å². The molecule has 1 atom stereocenters. The van der Waals surface area contributed by atoms with Crippen molar-refractivity contribution < 1.29 is 18.0 Å². The Hall–Kier alpha value is -2.19. The van der Waals surface area contributed by atoms with Gasteiger partial charge in [0, 0.05) is 17.3 Å². The van der Waals surface area contributed by atoms with Crippen LogP contribution in [-0.2, 0) is 21.2 Å². The minimum Gasteiger partial charge on any atom is -0.350 e. The molecule has 0 aromatic heterocycles. The summed E-state index contributed by atoms with van der Waals surface area (Å²) in [5.74, 6) is -1.08. The maximum absolute atomic E-state index is 12.6. The summed E-state index contributed by atoms with van der Waals surface area (Å²) in [5, 5.41) is 5.41. The van der Waals surface area contributed by atoms with Crippen molar-refractivity contribution >= 4 is 37.6 Å². The third-order valence-electron chi connectivity index (χ3n) is 4.10. The molecule has 0 saturated carbocycles. The van der Waals surface area contributed by atoms with Gasteiger partial charge in [-0.15, -0.1) is 0 Å². The number of halogens is 1. The fourth-order valence-electron chi connectivity index (χ4n) is 2.50. The Bertz CT molecular complexity index is 943. The molecule has 2 aromatic rings. The van der Waals surface area contributed by atoms with E-state index in [1.807, 2.05) is 31.2 Å². The second kappa shape index (κ2) is 9.84. The van der Waals surface area contributed by atoms with Crippen molar-refractivity contribution in [3.05, 3.63) is 69.7 Å². The predicted octanol–water partition coefficient (Wildman–Crippen LogP) is 2.61. The molecule has 0 bridgehead atoms. The highest BCUT2D eigenvalue weighted by Crippen LogP contribution is 2.16. The van der Waals surface area contributed by atoms with Gasteiger partial charge >= 0.3 is 0 Å². The zero-order chi connectivity index (χ0) is 20.7. The van der Waals surface area contributed by atoms with Crippen LogP contribution in [0, 0.1) is 6.92 Å². The normalized spacial score (nSPS) is 12.2. The van der Waals surface area contributed by atoms with Gasteiger partial charge in [-0.3, -0.25) is 9.59 Å². The van der Waals surface area contributed by atoms with E-state index in [0.29, 0.717) is 16.6 Å². The van der Waals surface area contributed by atoms with Gasteiger partial charge < -0.3 is 10.6 Å². The fraction of sp³-hybridized carbons (Fsp3) is 0.300. The van der Waals surface area contributed by atoms with Crippen LogP contribution in [0.5, 0.6) is 0 Å². The van der Waals surface area contributed by atoms with Gasteiger partial charge in [0.2, 0.25) is 5.91 Å². The van der Waals surface area contributed by atoms with E-state index in [-0.39, 0.29) is 12.2 Å². The van der Waals surface area contributed by atoms with E-state index in [9.17, 15) is 18.0 Å². The molecule has 150 valence electrons. The predicted molar refractivity (Wildman–Crippen MR) is 113 cm³/mol. The van der Waals surface area contributed by atoms with Crippen LogP contribution in [0.25, 0.3) is 0 Å². The van der Waals surface area contributed by atoms with E-state index in [4.69, 9.17) is 0 Å². The molecule has 8 heteroatoms. The molecule has 2 aromatic carbocycles. The monoisotopic (exact) mass is 466 g/mol. The first kappa shape index (κ1) is 22.1. The fourth-order valence-corrected chi connectivity index (χ4v) is 3.63. The van der Waals surface area contributed by atoms with E-state index in [1.54, 1.807) is 24.3 Å². The summed E-state index contributed by atoms with van der Waals surface area (Å²) in [6.07, 6.45) is 1.10. The first-order valence-electron chi connectivity index (χ1n) is 8.72. The Balaban J connectivity index is 2.08. The molecule has 0 aliphatic heterocycles. The van der Waals surface area contributed by atoms with Crippen molar-refractivity contribution in [1.82, 2.24) is 10.6 Å². The minimum absolute atomic E-state index is 0.00520. The lowest BCUT2D eigenvalue weighted by Crippen LogP contribution is -2.47. The molecule has 0 aliphatic rings. The summed E-state index contributed by atoms with van der Waals surface area (Å²) >= 11 is 3.30. The van der Waals surface area contributed by atoms with Gasteiger partial charge in [-0.25, -0.2) is 8.42 Å². The minimum atomic E-state index is -3.27. The number of amides is 2. The standard InChI is InChI=1S/C20H23BrN2O4S/c1-14-7-9-15(10-8-14)13-22-20(25)18(11-12-28(2,26)27)23-19(24)16-5-3-4-6-17(16)21/h3-10,18H,11-13H2,1-2H3,(H,22,25)(H,23,24)/t18-/m0/s1. The first-order valence-corrected chi connectivity index (χ1v) is 11.6. The molecule has 0 spiro atoms. The van der Waals surface area contributed by atoms with E-state index in [1.165, 1.54) is 0 Å². The summed E-state index contributed by atoms with van der Waals surface area (Å²) in [6.45, 7) is 2.26. The molecule has 0 unspecified atom stereocenters. The molecule has 2 N–H and O–H groups in total. The third kappa shape index (κ3) is 7.09. The number of hydrogen-bond acceptors (Lipinski definition) is 4. The van der Waals surface area contributed by atoms with Gasteiger partial charge in [0.25, 0.3) is 5.91 Å². The number of nitrogens with one attached hydrogen (secondary N) is 2. The highest BCUT2D eigenvalue weighted by Gasteiger charge is 2.23. The second-order valence-electron chi connectivity index (χ2n) is 6.63. The molecule has 0 radical (unpaired) electrons. The van der Waals surface area contributed by atoms with Crippen LogP contribution in [0.3, 0.4) is 0 Å². The SMILES string of the molecule is Cc1ccc(CNC(=O)[C@H](CCS(C)(=O)=O)NC(=O)c2ccccc2Br)cc1.